The zero-order chi connectivity index (χ0) is 14.8. The van der Waals surface area contributed by atoms with E-state index in [0.717, 1.165) is 50.4 Å². The summed E-state index contributed by atoms with van der Waals surface area (Å²) < 4.78 is 26.6. The van der Waals surface area contributed by atoms with Crippen LogP contribution in [0, 0.1) is 17.6 Å². The summed E-state index contributed by atoms with van der Waals surface area (Å²) in [7, 11) is 0. The van der Waals surface area contributed by atoms with Crippen LogP contribution in [0.25, 0.3) is 0 Å². The van der Waals surface area contributed by atoms with Crippen molar-refractivity contribution >= 4 is 5.91 Å². The number of carbonyl (C=O) groups excluding carboxylic acids is 1. The van der Waals surface area contributed by atoms with Crippen LogP contribution in [-0.4, -0.2) is 36.5 Å². The first kappa shape index (κ1) is 14.4. The number of halogens is 2. The van der Waals surface area contributed by atoms with Gasteiger partial charge in [-0.15, -0.1) is 0 Å². The highest BCUT2D eigenvalue weighted by Crippen LogP contribution is 2.30. The Labute approximate surface area is 123 Å². The van der Waals surface area contributed by atoms with Gasteiger partial charge in [0.15, 0.2) is 0 Å². The smallest absolute Gasteiger partial charge is 0.254 e. The van der Waals surface area contributed by atoms with Gasteiger partial charge >= 0.3 is 0 Å². The van der Waals surface area contributed by atoms with Gasteiger partial charge in [0.1, 0.15) is 11.6 Å². The standard InChI is InChI=1S/C16H20F2N2O/c17-13-6-12(7-14(18)8-13)16(21)20(9-11-3-4-11)10-15-2-1-5-19-15/h6-8,11,15,19H,1-5,9-10H2. The lowest BCUT2D eigenvalue weighted by atomic mass is 10.1. The lowest BCUT2D eigenvalue weighted by Crippen LogP contribution is -2.42. The van der Waals surface area contributed by atoms with Crippen molar-refractivity contribution in [2.45, 2.75) is 31.7 Å². The molecule has 5 heteroatoms. The molecule has 1 atom stereocenters. The number of hydrogen-bond donors (Lipinski definition) is 1. The van der Waals surface area contributed by atoms with Gasteiger partial charge in [0.2, 0.25) is 0 Å². The summed E-state index contributed by atoms with van der Waals surface area (Å²) in [5.41, 5.74) is 0.103. The van der Waals surface area contributed by atoms with Gasteiger partial charge in [-0.05, 0) is 50.3 Å². The lowest BCUT2D eigenvalue weighted by molar-refractivity contribution is 0.0732. The summed E-state index contributed by atoms with van der Waals surface area (Å²) in [6.07, 6.45) is 4.44. The molecule has 1 saturated carbocycles. The predicted molar refractivity (Wildman–Crippen MR) is 76.0 cm³/mol. The molecule has 2 aliphatic rings. The number of rotatable bonds is 5. The molecule has 1 aromatic rings. The molecule has 0 radical (unpaired) electrons. The van der Waals surface area contributed by atoms with Crippen LogP contribution in [0.4, 0.5) is 8.78 Å². The molecule has 1 heterocycles. The largest absolute Gasteiger partial charge is 0.337 e. The molecule has 1 unspecified atom stereocenters. The molecule has 21 heavy (non-hydrogen) atoms. The van der Waals surface area contributed by atoms with Crippen LogP contribution in [0.3, 0.4) is 0 Å². The molecule has 1 aliphatic carbocycles. The molecule has 1 N–H and O–H groups in total. The minimum atomic E-state index is -0.705. The molecule has 0 spiro atoms. The Bertz CT molecular complexity index is 505. The summed E-state index contributed by atoms with van der Waals surface area (Å²) in [6.45, 7) is 2.29. The van der Waals surface area contributed by atoms with Crippen LogP contribution < -0.4 is 5.32 Å². The van der Waals surface area contributed by atoms with E-state index in [4.69, 9.17) is 0 Å². The monoisotopic (exact) mass is 294 g/mol. The van der Waals surface area contributed by atoms with Crippen LogP contribution in [-0.2, 0) is 0 Å². The van der Waals surface area contributed by atoms with Crippen LogP contribution >= 0.6 is 0 Å². The van der Waals surface area contributed by atoms with Gasteiger partial charge in [0.05, 0.1) is 0 Å². The topological polar surface area (TPSA) is 32.3 Å². The molecule has 1 saturated heterocycles. The van der Waals surface area contributed by atoms with E-state index in [0.29, 0.717) is 25.0 Å². The molecular weight excluding hydrogens is 274 g/mol. The SMILES string of the molecule is O=C(c1cc(F)cc(F)c1)N(CC1CC1)CC1CCCN1. The molecule has 3 rings (SSSR count). The van der Waals surface area contributed by atoms with E-state index in [9.17, 15) is 13.6 Å². The normalized spacial score (nSPS) is 21.5. The van der Waals surface area contributed by atoms with Gasteiger partial charge in [-0.25, -0.2) is 8.78 Å². The van der Waals surface area contributed by atoms with E-state index in [2.05, 4.69) is 5.32 Å². The molecule has 3 nitrogen and oxygen atoms in total. The second-order valence-corrected chi connectivity index (χ2v) is 6.10. The number of amides is 1. The summed E-state index contributed by atoms with van der Waals surface area (Å²) in [4.78, 5) is 14.3. The first-order valence-electron chi connectivity index (χ1n) is 7.60. The molecule has 0 aromatic heterocycles. The van der Waals surface area contributed by atoms with E-state index >= 15 is 0 Å². The molecular formula is C16H20F2N2O. The third-order valence-corrected chi connectivity index (χ3v) is 4.18. The van der Waals surface area contributed by atoms with Crippen molar-refractivity contribution in [3.8, 4) is 0 Å². The Morgan fingerprint density at radius 2 is 1.86 bits per heavy atom. The quantitative estimate of drug-likeness (QED) is 0.905. The van der Waals surface area contributed by atoms with Crippen molar-refractivity contribution in [1.82, 2.24) is 10.2 Å². The van der Waals surface area contributed by atoms with Crippen molar-refractivity contribution in [1.29, 1.82) is 0 Å². The second-order valence-electron chi connectivity index (χ2n) is 6.10. The van der Waals surface area contributed by atoms with Crippen molar-refractivity contribution in [3.63, 3.8) is 0 Å². The van der Waals surface area contributed by atoms with E-state index in [1.807, 2.05) is 0 Å². The van der Waals surface area contributed by atoms with E-state index in [1.54, 1.807) is 4.90 Å². The lowest BCUT2D eigenvalue weighted by Gasteiger charge is -2.26. The molecule has 1 aliphatic heterocycles. The van der Waals surface area contributed by atoms with Crippen molar-refractivity contribution in [3.05, 3.63) is 35.4 Å². The first-order valence-corrected chi connectivity index (χ1v) is 7.60. The highest BCUT2D eigenvalue weighted by molar-refractivity contribution is 5.94. The second kappa shape index (κ2) is 6.10. The highest BCUT2D eigenvalue weighted by Gasteiger charge is 2.29. The summed E-state index contributed by atoms with van der Waals surface area (Å²) in [6, 6.07) is 3.33. The maximum absolute atomic E-state index is 13.3. The number of carbonyl (C=O) groups is 1. The van der Waals surface area contributed by atoms with Gasteiger partial charge in [-0.3, -0.25) is 4.79 Å². The number of hydrogen-bond acceptors (Lipinski definition) is 2. The zero-order valence-corrected chi connectivity index (χ0v) is 11.9. The van der Waals surface area contributed by atoms with Crippen molar-refractivity contribution in [2.24, 2.45) is 5.92 Å². The fourth-order valence-corrected chi connectivity index (χ4v) is 2.89. The van der Waals surface area contributed by atoms with Crippen LogP contribution in [0.1, 0.15) is 36.0 Å². The number of nitrogens with one attached hydrogen (secondary N) is 1. The average molecular weight is 294 g/mol. The number of nitrogens with zero attached hydrogens (tertiary/aromatic N) is 1. The van der Waals surface area contributed by atoms with Gasteiger partial charge < -0.3 is 10.2 Å². The molecule has 2 fully saturated rings. The minimum absolute atomic E-state index is 0.103. The first-order chi connectivity index (χ1) is 10.1. The highest BCUT2D eigenvalue weighted by atomic mass is 19.1. The molecule has 0 bridgehead atoms. The maximum atomic E-state index is 13.3. The Kier molecular flexibility index (Phi) is 4.19. The van der Waals surface area contributed by atoms with E-state index in [-0.39, 0.29) is 11.5 Å². The maximum Gasteiger partial charge on any atom is 0.254 e. The van der Waals surface area contributed by atoms with Gasteiger partial charge in [-0.1, -0.05) is 0 Å². The van der Waals surface area contributed by atoms with Crippen LogP contribution in [0.15, 0.2) is 18.2 Å². The fourth-order valence-electron chi connectivity index (χ4n) is 2.89. The molecule has 1 amide bonds. The minimum Gasteiger partial charge on any atom is -0.337 e. The summed E-state index contributed by atoms with van der Waals surface area (Å²) >= 11 is 0. The Morgan fingerprint density at radius 1 is 1.14 bits per heavy atom. The number of benzene rings is 1. The zero-order valence-electron chi connectivity index (χ0n) is 11.9. The van der Waals surface area contributed by atoms with Crippen molar-refractivity contribution < 1.29 is 13.6 Å². The van der Waals surface area contributed by atoms with E-state index in [1.165, 1.54) is 0 Å². The average Bonchev–Trinajstić information content (AvgIpc) is 3.10. The molecule has 114 valence electrons. The van der Waals surface area contributed by atoms with Gasteiger partial charge in [-0.2, -0.15) is 0 Å². The Morgan fingerprint density at radius 3 is 2.43 bits per heavy atom. The summed E-state index contributed by atoms with van der Waals surface area (Å²) in [5.74, 6) is -1.13. The third-order valence-electron chi connectivity index (χ3n) is 4.18. The van der Waals surface area contributed by atoms with Crippen LogP contribution in [0.2, 0.25) is 0 Å². The third kappa shape index (κ3) is 3.79. The van der Waals surface area contributed by atoms with E-state index < -0.39 is 11.6 Å². The summed E-state index contributed by atoms with van der Waals surface area (Å²) in [5, 5.41) is 3.37. The van der Waals surface area contributed by atoms with Crippen molar-refractivity contribution in [2.75, 3.05) is 19.6 Å². The van der Waals surface area contributed by atoms with Gasteiger partial charge in [0.25, 0.3) is 5.91 Å². The van der Waals surface area contributed by atoms with Crippen LogP contribution in [0.5, 0.6) is 0 Å². The van der Waals surface area contributed by atoms with Gasteiger partial charge in [0, 0.05) is 30.8 Å². The Hall–Kier alpha value is -1.49. The Balaban J connectivity index is 1.74. The fraction of sp³-hybridized carbons (Fsp3) is 0.562. The molecule has 1 aromatic carbocycles. The predicted octanol–water partition coefficient (Wildman–Crippen LogP) is 2.57.